The highest BCUT2D eigenvalue weighted by molar-refractivity contribution is 7.99. The van der Waals surface area contributed by atoms with Crippen LogP contribution < -0.4 is 5.32 Å². The molecule has 0 radical (unpaired) electrons. The van der Waals surface area contributed by atoms with Gasteiger partial charge in [-0.25, -0.2) is 0 Å². The van der Waals surface area contributed by atoms with Gasteiger partial charge in [-0.05, 0) is 44.1 Å². The predicted octanol–water partition coefficient (Wildman–Crippen LogP) is 3.23. The van der Waals surface area contributed by atoms with Gasteiger partial charge in [-0.3, -0.25) is 0 Å². The lowest BCUT2D eigenvalue weighted by Crippen LogP contribution is -2.47. The fourth-order valence-electron chi connectivity index (χ4n) is 3.65. The molecular formula is C16H32N2S. The molecule has 0 spiro atoms. The molecule has 1 N–H and O–H groups in total. The van der Waals surface area contributed by atoms with E-state index in [1.807, 2.05) is 0 Å². The maximum Gasteiger partial charge on any atom is 0.0108 e. The minimum atomic E-state index is 0.789. The smallest absolute Gasteiger partial charge is 0.0108 e. The van der Waals surface area contributed by atoms with Gasteiger partial charge >= 0.3 is 0 Å². The molecule has 2 nitrogen and oxygen atoms in total. The van der Waals surface area contributed by atoms with Crippen LogP contribution in [-0.4, -0.2) is 48.6 Å². The first-order valence-electron chi connectivity index (χ1n) is 8.37. The van der Waals surface area contributed by atoms with Crippen molar-refractivity contribution in [2.24, 2.45) is 11.8 Å². The highest BCUT2D eigenvalue weighted by Crippen LogP contribution is 2.32. The van der Waals surface area contributed by atoms with Crippen molar-refractivity contribution in [3.8, 4) is 0 Å². The van der Waals surface area contributed by atoms with Crippen molar-refractivity contribution in [3.63, 3.8) is 0 Å². The third kappa shape index (κ3) is 4.95. The van der Waals surface area contributed by atoms with Gasteiger partial charge in [0.1, 0.15) is 0 Å². The van der Waals surface area contributed by atoms with E-state index in [0.29, 0.717) is 0 Å². The molecule has 1 aliphatic heterocycles. The minimum Gasteiger partial charge on any atom is -0.314 e. The van der Waals surface area contributed by atoms with Gasteiger partial charge in [-0.2, -0.15) is 11.8 Å². The van der Waals surface area contributed by atoms with E-state index in [1.54, 1.807) is 0 Å². The number of rotatable bonds is 6. The van der Waals surface area contributed by atoms with Crippen LogP contribution in [0.4, 0.5) is 0 Å². The van der Waals surface area contributed by atoms with Gasteiger partial charge in [0, 0.05) is 37.2 Å². The molecule has 112 valence electrons. The zero-order chi connectivity index (χ0) is 13.5. The zero-order valence-electron chi connectivity index (χ0n) is 12.9. The topological polar surface area (TPSA) is 15.3 Å². The number of thioether (sulfide) groups is 1. The molecule has 0 amide bonds. The summed E-state index contributed by atoms with van der Waals surface area (Å²) in [6, 6.07) is 0.789. The summed E-state index contributed by atoms with van der Waals surface area (Å²) in [5.74, 6) is 4.57. The molecule has 3 atom stereocenters. The normalized spacial score (nSPS) is 33.5. The lowest BCUT2D eigenvalue weighted by molar-refractivity contribution is 0.144. The largest absolute Gasteiger partial charge is 0.314 e. The molecule has 1 aliphatic carbocycles. The van der Waals surface area contributed by atoms with E-state index in [2.05, 4.69) is 35.8 Å². The highest BCUT2D eigenvalue weighted by atomic mass is 32.2. The average molecular weight is 285 g/mol. The summed E-state index contributed by atoms with van der Waals surface area (Å²) >= 11 is 2.12. The van der Waals surface area contributed by atoms with Crippen molar-refractivity contribution in [2.45, 2.75) is 52.0 Å². The Bertz CT molecular complexity index is 241. The summed E-state index contributed by atoms with van der Waals surface area (Å²) in [6.07, 6.45) is 6.96. The van der Waals surface area contributed by atoms with E-state index in [-0.39, 0.29) is 0 Å². The molecule has 1 saturated heterocycles. The summed E-state index contributed by atoms with van der Waals surface area (Å²) in [4.78, 5) is 2.72. The van der Waals surface area contributed by atoms with Crippen molar-refractivity contribution in [1.29, 1.82) is 0 Å². The van der Waals surface area contributed by atoms with E-state index < -0.39 is 0 Å². The molecule has 0 bridgehead atoms. The van der Waals surface area contributed by atoms with Gasteiger partial charge in [0.05, 0.1) is 0 Å². The van der Waals surface area contributed by atoms with Crippen molar-refractivity contribution >= 4 is 11.8 Å². The average Bonchev–Trinajstić information content (AvgIpc) is 2.47. The second kappa shape index (κ2) is 8.53. The van der Waals surface area contributed by atoms with Crippen LogP contribution in [0.1, 0.15) is 46.0 Å². The van der Waals surface area contributed by atoms with E-state index in [4.69, 9.17) is 0 Å². The summed E-state index contributed by atoms with van der Waals surface area (Å²) in [7, 11) is 0. The molecule has 1 heterocycles. The van der Waals surface area contributed by atoms with Gasteiger partial charge < -0.3 is 10.2 Å². The quantitative estimate of drug-likeness (QED) is 0.806. The van der Waals surface area contributed by atoms with Crippen LogP contribution in [0.3, 0.4) is 0 Å². The number of nitrogens with one attached hydrogen (secondary N) is 1. The predicted molar refractivity (Wildman–Crippen MR) is 87.0 cm³/mol. The Morgan fingerprint density at radius 1 is 1.16 bits per heavy atom. The van der Waals surface area contributed by atoms with Gasteiger partial charge in [-0.15, -0.1) is 0 Å². The molecule has 2 rings (SSSR count). The van der Waals surface area contributed by atoms with Crippen LogP contribution in [0.2, 0.25) is 0 Å². The Labute approximate surface area is 124 Å². The summed E-state index contributed by atoms with van der Waals surface area (Å²) < 4.78 is 0. The Kier molecular flexibility index (Phi) is 7.03. The van der Waals surface area contributed by atoms with E-state index in [1.165, 1.54) is 69.8 Å². The lowest BCUT2D eigenvalue weighted by Gasteiger charge is -2.40. The highest BCUT2D eigenvalue weighted by Gasteiger charge is 2.30. The van der Waals surface area contributed by atoms with E-state index in [9.17, 15) is 0 Å². The lowest BCUT2D eigenvalue weighted by atomic mass is 9.76. The molecule has 3 unspecified atom stereocenters. The Balaban J connectivity index is 1.85. The van der Waals surface area contributed by atoms with Crippen LogP contribution in [0.25, 0.3) is 0 Å². The molecular weight excluding hydrogens is 252 g/mol. The molecule has 2 fully saturated rings. The molecule has 3 heteroatoms. The van der Waals surface area contributed by atoms with Gasteiger partial charge in [0.2, 0.25) is 0 Å². The van der Waals surface area contributed by atoms with Crippen molar-refractivity contribution in [2.75, 3.05) is 37.7 Å². The molecule has 2 aliphatic rings. The van der Waals surface area contributed by atoms with E-state index in [0.717, 1.165) is 17.9 Å². The van der Waals surface area contributed by atoms with Gasteiger partial charge in [-0.1, -0.05) is 20.3 Å². The van der Waals surface area contributed by atoms with Crippen LogP contribution in [0, 0.1) is 11.8 Å². The van der Waals surface area contributed by atoms with Crippen LogP contribution in [0.15, 0.2) is 0 Å². The Hall–Kier alpha value is 0.270. The maximum absolute atomic E-state index is 3.82. The Morgan fingerprint density at radius 3 is 2.63 bits per heavy atom. The van der Waals surface area contributed by atoms with Crippen molar-refractivity contribution in [3.05, 3.63) is 0 Å². The van der Waals surface area contributed by atoms with Crippen LogP contribution in [-0.2, 0) is 0 Å². The van der Waals surface area contributed by atoms with Crippen LogP contribution >= 0.6 is 11.8 Å². The van der Waals surface area contributed by atoms with E-state index >= 15 is 0 Å². The van der Waals surface area contributed by atoms with Gasteiger partial charge in [0.25, 0.3) is 0 Å². The molecule has 0 aromatic heterocycles. The summed E-state index contributed by atoms with van der Waals surface area (Å²) in [6.45, 7) is 9.84. The number of nitrogens with zero attached hydrogens (tertiary/aromatic N) is 1. The van der Waals surface area contributed by atoms with Crippen LogP contribution in [0.5, 0.6) is 0 Å². The zero-order valence-corrected chi connectivity index (χ0v) is 13.7. The first-order chi connectivity index (χ1) is 9.33. The second-order valence-electron chi connectivity index (χ2n) is 6.32. The molecule has 1 saturated carbocycles. The second-order valence-corrected chi connectivity index (χ2v) is 7.55. The fraction of sp³-hybridized carbons (Fsp3) is 1.00. The first-order valence-corrected chi connectivity index (χ1v) is 9.52. The first kappa shape index (κ1) is 15.7. The Morgan fingerprint density at radius 2 is 1.95 bits per heavy atom. The third-order valence-corrected chi connectivity index (χ3v) is 5.86. The minimum absolute atomic E-state index is 0.789. The van der Waals surface area contributed by atoms with Crippen molar-refractivity contribution < 1.29 is 0 Å². The number of hydrogen-bond acceptors (Lipinski definition) is 3. The molecule has 19 heavy (non-hydrogen) atoms. The maximum atomic E-state index is 3.82. The fourth-order valence-corrected chi connectivity index (χ4v) is 4.63. The standard InChI is InChI=1S/C16H32N2S/c1-3-7-17-16-6-5-14(4-2)12-15(16)13-18-8-10-19-11-9-18/h14-17H,3-13H2,1-2H3. The van der Waals surface area contributed by atoms with Gasteiger partial charge in [0.15, 0.2) is 0 Å². The third-order valence-electron chi connectivity index (χ3n) is 4.92. The number of hydrogen-bond donors (Lipinski definition) is 1. The summed E-state index contributed by atoms with van der Waals surface area (Å²) in [5, 5.41) is 3.82. The molecule has 0 aromatic rings. The molecule has 0 aromatic carbocycles. The SMILES string of the molecule is CCCNC1CCC(CC)CC1CN1CCSCC1. The monoisotopic (exact) mass is 284 g/mol. The van der Waals surface area contributed by atoms with Crippen molar-refractivity contribution in [1.82, 2.24) is 10.2 Å². The summed E-state index contributed by atoms with van der Waals surface area (Å²) in [5.41, 5.74) is 0.